The fourth-order valence-electron chi connectivity index (χ4n) is 4.01. The molecule has 2 aromatic rings. The van der Waals surface area contributed by atoms with Crippen LogP contribution >= 0.6 is 0 Å². The lowest BCUT2D eigenvalue weighted by Crippen LogP contribution is -2.45. The van der Waals surface area contributed by atoms with Gasteiger partial charge in [0.2, 0.25) is 10.0 Å². The monoisotopic (exact) mass is 457 g/mol. The van der Waals surface area contributed by atoms with Crippen molar-refractivity contribution in [1.29, 1.82) is 0 Å². The number of rotatable bonds is 6. The van der Waals surface area contributed by atoms with Gasteiger partial charge in [-0.2, -0.15) is 17.5 Å². The number of sulfonamides is 1. The number of halogens is 3. The SMILES string of the molecule is COc1ccc(C)cc1S(=O)(=O)N1CCC(CO)(Cc2cccc(C(F)(F)F)c2)CC1. The van der Waals surface area contributed by atoms with Gasteiger partial charge in [0.25, 0.3) is 0 Å². The highest BCUT2D eigenvalue weighted by atomic mass is 32.2. The maximum absolute atomic E-state index is 13.2. The van der Waals surface area contributed by atoms with Gasteiger partial charge < -0.3 is 9.84 Å². The van der Waals surface area contributed by atoms with E-state index in [1.807, 2.05) is 0 Å². The summed E-state index contributed by atoms with van der Waals surface area (Å²) in [7, 11) is -2.40. The summed E-state index contributed by atoms with van der Waals surface area (Å²) >= 11 is 0. The molecule has 0 radical (unpaired) electrons. The van der Waals surface area contributed by atoms with E-state index in [0.29, 0.717) is 18.4 Å². The molecule has 0 unspecified atom stereocenters. The standard InChI is InChI=1S/C22H26F3NO4S/c1-16-6-7-19(30-2)20(12-16)31(28,29)26-10-8-21(15-27,9-11-26)14-17-4-3-5-18(13-17)22(23,24)25/h3-7,12-13,27H,8-11,14-15H2,1-2H3. The molecule has 1 aliphatic rings. The lowest BCUT2D eigenvalue weighted by Gasteiger charge is -2.40. The van der Waals surface area contributed by atoms with Gasteiger partial charge in [0.1, 0.15) is 10.6 Å². The number of ether oxygens (including phenoxy) is 1. The molecule has 1 aliphatic heterocycles. The van der Waals surface area contributed by atoms with E-state index >= 15 is 0 Å². The van der Waals surface area contributed by atoms with Crippen LogP contribution < -0.4 is 4.74 Å². The number of aryl methyl sites for hydroxylation is 1. The fourth-order valence-corrected chi connectivity index (χ4v) is 5.69. The molecule has 5 nitrogen and oxygen atoms in total. The highest BCUT2D eigenvalue weighted by Crippen LogP contribution is 2.39. The molecule has 0 spiro atoms. The molecule has 0 amide bonds. The Balaban J connectivity index is 1.79. The Morgan fingerprint density at radius 3 is 2.39 bits per heavy atom. The van der Waals surface area contributed by atoms with Crippen LogP contribution in [0.15, 0.2) is 47.4 Å². The Labute approximate surface area is 180 Å². The van der Waals surface area contributed by atoms with Crippen LogP contribution in [0.2, 0.25) is 0 Å². The number of hydrogen-bond acceptors (Lipinski definition) is 4. The van der Waals surface area contributed by atoms with E-state index in [0.717, 1.165) is 17.7 Å². The molecule has 9 heteroatoms. The third-order valence-corrected chi connectivity index (χ3v) is 7.81. The maximum Gasteiger partial charge on any atom is 0.416 e. The van der Waals surface area contributed by atoms with E-state index in [-0.39, 0.29) is 36.8 Å². The van der Waals surface area contributed by atoms with Crippen molar-refractivity contribution in [3.8, 4) is 5.75 Å². The van der Waals surface area contributed by atoms with E-state index in [2.05, 4.69) is 0 Å². The first kappa shape index (κ1) is 23.6. The Bertz CT molecular complexity index is 1030. The van der Waals surface area contributed by atoms with Crippen LogP contribution in [0.3, 0.4) is 0 Å². The van der Waals surface area contributed by atoms with E-state index in [1.165, 1.54) is 17.5 Å². The maximum atomic E-state index is 13.2. The molecule has 0 saturated carbocycles. The Kier molecular flexibility index (Phi) is 6.69. The number of alkyl halides is 3. The number of aliphatic hydroxyl groups excluding tert-OH is 1. The topological polar surface area (TPSA) is 66.8 Å². The Hall–Kier alpha value is -2.10. The minimum atomic E-state index is -4.44. The van der Waals surface area contributed by atoms with Crippen LogP contribution in [0.4, 0.5) is 13.2 Å². The molecule has 1 heterocycles. The van der Waals surface area contributed by atoms with Crippen molar-refractivity contribution in [3.63, 3.8) is 0 Å². The van der Waals surface area contributed by atoms with Gasteiger partial charge in [0.05, 0.1) is 12.7 Å². The highest BCUT2D eigenvalue weighted by molar-refractivity contribution is 7.89. The van der Waals surface area contributed by atoms with Gasteiger partial charge in [-0.1, -0.05) is 24.3 Å². The molecule has 0 aromatic heterocycles. The molecular weight excluding hydrogens is 431 g/mol. The summed E-state index contributed by atoms with van der Waals surface area (Å²) in [6.45, 7) is 1.89. The summed E-state index contributed by atoms with van der Waals surface area (Å²) in [5, 5.41) is 10.0. The molecule has 1 saturated heterocycles. The first-order chi connectivity index (χ1) is 14.5. The summed E-state index contributed by atoms with van der Waals surface area (Å²) in [6, 6.07) is 10.0. The van der Waals surface area contributed by atoms with Crippen LogP contribution in [0, 0.1) is 12.3 Å². The summed E-state index contributed by atoms with van der Waals surface area (Å²) in [5.41, 5.74) is -0.150. The largest absolute Gasteiger partial charge is 0.495 e. The molecule has 2 aromatic carbocycles. The quantitative estimate of drug-likeness (QED) is 0.711. The lowest BCUT2D eigenvalue weighted by molar-refractivity contribution is -0.137. The highest BCUT2D eigenvalue weighted by Gasteiger charge is 2.39. The molecule has 3 rings (SSSR count). The number of methoxy groups -OCH3 is 1. The van der Waals surface area contributed by atoms with E-state index in [9.17, 15) is 26.7 Å². The third-order valence-electron chi connectivity index (χ3n) is 5.89. The minimum Gasteiger partial charge on any atom is -0.495 e. The van der Waals surface area contributed by atoms with Gasteiger partial charge in [0, 0.05) is 19.7 Å². The van der Waals surface area contributed by atoms with Gasteiger partial charge in [-0.15, -0.1) is 0 Å². The zero-order chi connectivity index (χ0) is 22.9. The van der Waals surface area contributed by atoms with Gasteiger partial charge in [-0.05, 0) is 60.9 Å². The molecule has 1 fully saturated rings. The number of piperidine rings is 1. The van der Waals surface area contributed by atoms with Crippen molar-refractivity contribution >= 4 is 10.0 Å². The predicted molar refractivity (Wildman–Crippen MR) is 110 cm³/mol. The van der Waals surface area contributed by atoms with E-state index < -0.39 is 27.2 Å². The lowest BCUT2D eigenvalue weighted by atomic mass is 9.75. The van der Waals surface area contributed by atoms with Crippen molar-refractivity contribution in [2.45, 2.75) is 37.3 Å². The normalized spacial score (nSPS) is 17.5. The van der Waals surface area contributed by atoms with Gasteiger partial charge in [0.15, 0.2) is 0 Å². The zero-order valence-corrected chi connectivity index (χ0v) is 18.3. The predicted octanol–water partition coefficient (Wildman–Crippen LogP) is 4.03. The van der Waals surface area contributed by atoms with E-state index in [1.54, 1.807) is 31.2 Å². The average molecular weight is 458 g/mol. The van der Waals surface area contributed by atoms with Crippen molar-refractivity contribution in [3.05, 3.63) is 59.2 Å². The van der Waals surface area contributed by atoms with Crippen LogP contribution in [-0.4, -0.2) is 44.6 Å². The number of nitrogens with zero attached hydrogens (tertiary/aromatic N) is 1. The molecule has 0 atom stereocenters. The summed E-state index contributed by atoms with van der Waals surface area (Å²) in [5.74, 6) is 0.258. The molecule has 170 valence electrons. The second-order valence-electron chi connectivity index (χ2n) is 8.09. The van der Waals surface area contributed by atoms with Crippen LogP contribution in [-0.2, 0) is 22.6 Å². The molecular formula is C22H26F3NO4S. The zero-order valence-electron chi connectivity index (χ0n) is 17.4. The third kappa shape index (κ3) is 5.05. The number of hydrogen-bond donors (Lipinski definition) is 1. The molecule has 0 aliphatic carbocycles. The van der Waals surface area contributed by atoms with Crippen LogP contribution in [0.1, 0.15) is 29.5 Å². The van der Waals surface area contributed by atoms with Gasteiger partial charge >= 0.3 is 6.18 Å². The van der Waals surface area contributed by atoms with Crippen LogP contribution in [0.25, 0.3) is 0 Å². The number of aliphatic hydroxyl groups is 1. The average Bonchev–Trinajstić information content (AvgIpc) is 2.73. The minimum absolute atomic E-state index is 0.0874. The summed E-state index contributed by atoms with van der Waals surface area (Å²) in [4.78, 5) is 0.0874. The fraction of sp³-hybridized carbons (Fsp3) is 0.455. The van der Waals surface area contributed by atoms with Crippen molar-refractivity contribution < 1.29 is 31.4 Å². The van der Waals surface area contributed by atoms with Gasteiger partial charge in [-0.3, -0.25) is 0 Å². The molecule has 1 N–H and O–H groups in total. The molecule has 0 bridgehead atoms. The number of benzene rings is 2. The second-order valence-corrected chi connectivity index (χ2v) is 10.00. The summed E-state index contributed by atoms with van der Waals surface area (Å²) < 4.78 is 72.0. The first-order valence-electron chi connectivity index (χ1n) is 9.93. The second kappa shape index (κ2) is 8.80. The Morgan fingerprint density at radius 2 is 1.81 bits per heavy atom. The first-order valence-corrected chi connectivity index (χ1v) is 11.4. The van der Waals surface area contributed by atoms with Crippen LogP contribution in [0.5, 0.6) is 5.75 Å². The van der Waals surface area contributed by atoms with Crippen molar-refractivity contribution in [2.75, 3.05) is 26.8 Å². The van der Waals surface area contributed by atoms with Crippen molar-refractivity contribution in [2.24, 2.45) is 5.41 Å². The molecule has 31 heavy (non-hydrogen) atoms. The Morgan fingerprint density at radius 1 is 1.13 bits per heavy atom. The van der Waals surface area contributed by atoms with E-state index in [4.69, 9.17) is 4.74 Å². The smallest absolute Gasteiger partial charge is 0.416 e. The van der Waals surface area contributed by atoms with Crippen molar-refractivity contribution in [1.82, 2.24) is 4.31 Å². The van der Waals surface area contributed by atoms with Gasteiger partial charge in [-0.25, -0.2) is 8.42 Å². The summed E-state index contributed by atoms with van der Waals surface area (Å²) in [6.07, 6.45) is -3.51.